The first kappa shape index (κ1) is 25.2. The lowest BCUT2D eigenvalue weighted by atomic mass is 9.99. The molecule has 0 aromatic heterocycles. The van der Waals surface area contributed by atoms with E-state index in [4.69, 9.17) is 9.47 Å². The first-order valence-electron chi connectivity index (χ1n) is 11.2. The molecule has 0 N–H and O–H groups in total. The van der Waals surface area contributed by atoms with Crippen LogP contribution < -0.4 is 0 Å². The van der Waals surface area contributed by atoms with Gasteiger partial charge in [0.25, 0.3) is 0 Å². The summed E-state index contributed by atoms with van der Waals surface area (Å²) < 4.78 is 11.8. The average Bonchev–Trinajstić information content (AvgIpc) is 2.81. The van der Waals surface area contributed by atoms with E-state index >= 15 is 0 Å². The third kappa shape index (κ3) is 5.81. The molecule has 0 aliphatic carbocycles. The van der Waals surface area contributed by atoms with Gasteiger partial charge < -0.3 is 9.47 Å². The van der Waals surface area contributed by atoms with Gasteiger partial charge in [-0.15, -0.1) is 10.2 Å². The van der Waals surface area contributed by atoms with Crippen LogP contribution >= 0.6 is 0 Å². The maximum Gasteiger partial charge on any atom is 0.310 e. The number of benzene rings is 2. The molecule has 2 unspecified atom stereocenters. The summed E-state index contributed by atoms with van der Waals surface area (Å²) in [7, 11) is 0. The van der Waals surface area contributed by atoms with Crippen LogP contribution in [0.3, 0.4) is 0 Å². The van der Waals surface area contributed by atoms with Crippen LogP contribution in [0, 0.1) is 11.8 Å². The Bertz CT molecular complexity index is 836. The first-order chi connectivity index (χ1) is 15.2. The molecule has 0 fully saturated rings. The van der Waals surface area contributed by atoms with E-state index in [1.165, 1.54) is 0 Å². The number of carbonyl (C=O) groups excluding carboxylic acids is 2. The molecule has 0 aliphatic heterocycles. The predicted octanol–water partition coefficient (Wildman–Crippen LogP) is 6.36. The minimum absolute atomic E-state index is 0.330. The van der Waals surface area contributed by atoms with Gasteiger partial charge in [0.1, 0.15) is 0 Å². The first-order valence-corrected chi connectivity index (χ1v) is 11.2. The Balaban J connectivity index is 2.64. The van der Waals surface area contributed by atoms with Crippen molar-refractivity contribution in [2.45, 2.75) is 65.8 Å². The van der Waals surface area contributed by atoms with Crippen molar-refractivity contribution in [1.29, 1.82) is 0 Å². The highest BCUT2D eigenvalue weighted by Gasteiger charge is 2.40. The summed E-state index contributed by atoms with van der Waals surface area (Å²) in [6, 6.07) is 18.6. The van der Waals surface area contributed by atoms with E-state index in [-0.39, 0.29) is 23.8 Å². The van der Waals surface area contributed by atoms with Crippen LogP contribution in [-0.4, -0.2) is 11.9 Å². The van der Waals surface area contributed by atoms with E-state index < -0.39 is 11.4 Å². The fourth-order valence-electron chi connectivity index (χ4n) is 3.10. The van der Waals surface area contributed by atoms with Crippen LogP contribution in [0.15, 0.2) is 70.9 Å². The monoisotopic (exact) mass is 438 g/mol. The van der Waals surface area contributed by atoms with Gasteiger partial charge >= 0.3 is 11.9 Å². The zero-order valence-corrected chi connectivity index (χ0v) is 19.9. The Kier molecular flexibility index (Phi) is 8.70. The van der Waals surface area contributed by atoms with Crippen molar-refractivity contribution in [2.75, 3.05) is 0 Å². The van der Waals surface area contributed by atoms with Crippen molar-refractivity contribution >= 4 is 11.9 Å². The van der Waals surface area contributed by atoms with Gasteiger partial charge in [-0.3, -0.25) is 9.59 Å². The second kappa shape index (κ2) is 11.0. The molecule has 6 heteroatoms. The topological polar surface area (TPSA) is 77.3 Å². The standard InChI is InChI=1S/C26H34N2O4/c1-7-25(31-23(29)19(3)4,21-15-11-9-12-16-21)27-28-26(8-2,32-24(30)20(5)6)22-17-13-10-14-18-22/h9-20H,7-8H2,1-6H3/b28-27+. The van der Waals surface area contributed by atoms with Crippen molar-refractivity contribution in [3.63, 3.8) is 0 Å². The third-order valence-corrected chi connectivity index (χ3v) is 5.26. The molecule has 0 spiro atoms. The lowest BCUT2D eigenvalue weighted by molar-refractivity contribution is -0.172. The molecule has 0 aliphatic rings. The fourth-order valence-corrected chi connectivity index (χ4v) is 3.10. The summed E-state index contributed by atoms with van der Waals surface area (Å²) in [5.41, 5.74) is -1.26. The summed E-state index contributed by atoms with van der Waals surface area (Å²) in [5, 5.41) is 9.21. The van der Waals surface area contributed by atoms with E-state index in [1.807, 2.05) is 74.5 Å². The minimum Gasteiger partial charge on any atom is -0.431 e. The molecule has 0 saturated carbocycles. The summed E-state index contributed by atoms with van der Waals surface area (Å²) >= 11 is 0. The molecular formula is C26H34N2O4. The van der Waals surface area contributed by atoms with Gasteiger partial charge in [0.05, 0.1) is 11.8 Å². The van der Waals surface area contributed by atoms with Gasteiger partial charge in [-0.1, -0.05) is 102 Å². The molecule has 0 bridgehead atoms. The van der Waals surface area contributed by atoms with E-state index in [0.717, 1.165) is 0 Å². The van der Waals surface area contributed by atoms with Crippen LogP contribution in [0.1, 0.15) is 65.5 Å². The number of carbonyl (C=O) groups is 2. The highest BCUT2D eigenvalue weighted by Crippen LogP contribution is 2.38. The Labute approximate surface area is 191 Å². The quantitative estimate of drug-likeness (QED) is 0.319. The molecule has 2 rings (SSSR count). The number of nitrogens with zero attached hydrogens (tertiary/aromatic N) is 2. The fraction of sp³-hybridized carbons (Fsp3) is 0.462. The molecule has 0 radical (unpaired) electrons. The van der Waals surface area contributed by atoms with Gasteiger partial charge in [0.15, 0.2) is 0 Å². The molecule has 2 aromatic rings. The third-order valence-electron chi connectivity index (χ3n) is 5.26. The number of esters is 2. The van der Waals surface area contributed by atoms with Gasteiger partial charge in [-0.2, -0.15) is 0 Å². The minimum atomic E-state index is -1.33. The Morgan fingerprint density at radius 1 is 0.688 bits per heavy atom. The Hall–Kier alpha value is -3.02. The highest BCUT2D eigenvalue weighted by molar-refractivity contribution is 5.72. The Morgan fingerprint density at radius 3 is 1.25 bits per heavy atom. The van der Waals surface area contributed by atoms with Gasteiger partial charge in [-0.05, 0) is 0 Å². The number of azo groups is 1. The number of ether oxygens (including phenoxy) is 2. The van der Waals surface area contributed by atoms with Crippen LogP contribution in [0.25, 0.3) is 0 Å². The predicted molar refractivity (Wildman–Crippen MR) is 124 cm³/mol. The molecule has 0 amide bonds. The SMILES string of the molecule is CCC(/N=N/C(CC)(OC(=O)C(C)C)c1ccccc1)(OC(=O)C(C)C)c1ccccc1. The van der Waals surface area contributed by atoms with Crippen LogP contribution in [0.4, 0.5) is 0 Å². The largest absolute Gasteiger partial charge is 0.431 e. The zero-order chi connectivity index (χ0) is 23.8. The van der Waals surface area contributed by atoms with Crippen molar-refractivity contribution < 1.29 is 19.1 Å². The molecule has 2 aromatic carbocycles. The van der Waals surface area contributed by atoms with Gasteiger partial charge in [-0.25, -0.2) is 0 Å². The van der Waals surface area contributed by atoms with E-state index in [1.54, 1.807) is 27.7 Å². The summed E-state index contributed by atoms with van der Waals surface area (Å²) in [6.45, 7) is 10.9. The van der Waals surface area contributed by atoms with Crippen LogP contribution in [0.2, 0.25) is 0 Å². The molecule has 0 saturated heterocycles. The maximum absolute atomic E-state index is 12.6. The van der Waals surface area contributed by atoms with E-state index in [9.17, 15) is 9.59 Å². The number of hydrogen-bond acceptors (Lipinski definition) is 6. The van der Waals surface area contributed by atoms with Crippen LogP contribution in [0.5, 0.6) is 0 Å². The molecule has 32 heavy (non-hydrogen) atoms. The normalized spacial score (nSPS) is 15.4. The number of hydrogen-bond donors (Lipinski definition) is 0. The van der Waals surface area contributed by atoms with Crippen molar-refractivity contribution in [2.24, 2.45) is 22.1 Å². The Morgan fingerprint density at radius 2 is 1.00 bits per heavy atom. The smallest absolute Gasteiger partial charge is 0.310 e. The zero-order valence-electron chi connectivity index (χ0n) is 19.9. The van der Waals surface area contributed by atoms with Gasteiger partial charge in [0, 0.05) is 24.0 Å². The lowest BCUT2D eigenvalue weighted by Crippen LogP contribution is -2.35. The molecule has 2 atom stereocenters. The summed E-state index contributed by atoms with van der Waals surface area (Å²) in [4.78, 5) is 25.2. The summed E-state index contributed by atoms with van der Waals surface area (Å²) in [6.07, 6.45) is 0.734. The molecule has 0 heterocycles. The second-order valence-electron chi connectivity index (χ2n) is 8.36. The molecular weight excluding hydrogens is 404 g/mol. The summed E-state index contributed by atoms with van der Waals surface area (Å²) in [5.74, 6) is -1.42. The lowest BCUT2D eigenvalue weighted by Gasteiger charge is -2.32. The second-order valence-corrected chi connectivity index (χ2v) is 8.36. The van der Waals surface area contributed by atoms with Gasteiger partial charge in [0.2, 0.25) is 11.4 Å². The van der Waals surface area contributed by atoms with E-state index in [0.29, 0.717) is 24.0 Å². The van der Waals surface area contributed by atoms with E-state index in [2.05, 4.69) is 10.2 Å². The van der Waals surface area contributed by atoms with Crippen molar-refractivity contribution in [1.82, 2.24) is 0 Å². The average molecular weight is 439 g/mol. The highest BCUT2D eigenvalue weighted by atomic mass is 16.6. The van der Waals surface area contributed by atoms with Crippen LogP contribution in [-0.2, 0) is 30.5 Å². The van der Waals surface area contributed by atoms with Crippen molar-refractivity contribution in [3.8, 4) is 0 Å². The molecule has 172 valence electrons. The maximum atomic E-state index is 12.6. The molecule has 6 nitrogen and oxygen atoms in total. The number of rotatable bonds is 10. The van der Waals surface area contributed by atoms with Crippen molar-refractivity contribution in [3.05, 3.63) is 71.8 Å².